The van der Waals surface area contributed by atoms with Crippen molar-refractivity contribution in [1.29, 1.82) is 0 Å². The van der Waals surface area contributed by atoms with Gasteiger partial charge in [0.1, 0.15) is 5.76 Å². The van der Waals surface area contributed by atoms with Crippen LogP contribution in [0.3, 0.4) is 0 Å². The van der Waals surface area contributed by atoms with Crippen LogP contribution >= 0.6 is 0 Å². The summed E-state index contributed by atoms with van der Waals surface area (Å²) in [5.74, 6) is -0.00312. The summed E-state index contributed by atoms with van der Waals surface area (Å²) in [6.07, 6.45) is 6.57. The number of carbonyl (C=O) groups excluding carboxylic acids is 1. The number of ketones is 1. The Hall–Kier alpha value is -6.77. The van der Waals surface area contributed by atoms with Gasteiger partial charge in [0.2, 0.25) is 0 Å². The minimum Gasteiger partial charge on any atom is -0.512 e. The van der Waals surface area contributed by atoms with Crippen molar-refractivity contribution in [3.8, 4) is 44.5 Å². The number of aliphatic hydroxyl groups excluding tert-OH is 1. The van der Waals surface area contributed by atoms with Gasteiger partial charge in [-0.1, -0.05) is 183 Å². The van der Waals surface area contributed by atoms with Gasteiger partial charge in [-0.2, -0.15) is 0 Å². The molecule has 7 aromatic carbocycles. The largest absolute Gasteiger partial charge is 0.512 e. The number of fused-ring (bicyclic) bond motifs is 11. The lowest BCUT2D eigenvalue weighted by atomic mass is 9.77. The van der Waals surface area contributed by atoms with Crippen LogP contribution in [-0.2, 0) is 39.3 Å². The molecule has 330 valence electrons. The standard InChI is InChI=1S/C65H58O2/c1-62(2)54-15-11-9-13-46(54)50-25-19-40(33-58(50)62)42-21-27-52-48-23-17-38(31-56(48)64(5,6)60(52)35-42)29-44(66)37-45(67)30-39-18-24-49-53-28-22-43(36-61(53)65(7,8)57(49)32-39)41-20-26-51-47-14-10-12-16-55(47)63(3,4)59(51)34-41/h9-19,21-25,27-28,31-37,66H,20,26,29-30H2,1-8H3. The molecular formula is C65H58O2. The summed E-state index contributed by atoms with van der Waals surface area (Å²) in [6, 6.07) is 51.8. The fourth-order valence-electron chi connectivity index (χ4n) is 13.0. The molecule has 5 aliphatic rings. The first kappa shape index (κ1) is 41.6. The van der Waals surface area contributed by atoms with Gasteiger partial charge < -0.3 is 5.11 Å². The summed E-state index contributed by atoms with van der Waals surface area (Å²) in [5, 5.41) is 11.3. The molecule has 0 saturated heterocycles. The molecular weight excluding hydrogens is 813 g/mol. The zero-order valence-corrected chi connectivity index (χ0v) is 40.1. The molecule has 12 rings (SSSR count). The Morgan fingerprint density at radius 2 is 0.866 bits per heavy atom. The van der Waals surface area contributed by atoms with E-state index in [0.29, 0.717) is 6.42 Å². The van der Waals surface area contributed by atoms with Gasteiger partial charge in [0, 0.05) is 40.6 Å². The molecule has 0 radical (unpaired) electrons. The zero-order chi connectivity index (χ0) is 46.4. The summed E-state index contributed by atoms with van der Waals surface area (Å²) in [6.45, 7) is 18.6. The molecule has 0 heterocycles. The number of carbonyl (C=O) groups is 1. The van der Waals surface area contributed by atoms with Crippen LogP contribution < -0.4 is 0 Å². The molecule has 0 aromatic heterocycles. The minimum atomic E-state index is -0.227. The van der Waals surface area contributed by atoms with Crippen LogP contribution in [-0.4, -0.2) is 10.9 Å². The van der Waals surface area contributed by atoms with E-state index >= 15 is 0 Å². The molecule has 0 fully saturated rings. The Morgan fingerprint density at radius 1 is 0.448 bits per heavy atom. The molecule has 7 aromatic rings. The maximum atomic E-state index is 13.6. The Balaban J connectivity index is 0.745. The fraction of sp³-hybridized carbons (Fsp3) is 0.246. The van der Waals surface area contributed by atoms with Gasteiger partial charge in [-0.15, -0.1) is 0 Å². The van der Waals surface area contributed by atoms with Crippen LogP contribution in [0.1, 0.15) is 129 Å². The van der Waals surface area contributed by atoms with E-state index < -0.39 is 0 Å². The second-order valence-corrected chi connectivity index (χ2v) is 22.1. The molecule has 2 heteroatoms. The number of hydrogen-bond acceptors (Lipinski definition) is 2. The summed E-state index contributed by atoms with van der Waals surface area (Å²) in [5.41, 5.74) is 28.1. The molecule has 0 saturated carbocycles. The molecule has 0 amide bonds. The van der Waals surface area contributed by atoms with E-state index in [4.69, 9.17) is 0 Å². The van der Waals surface area contributed by atoms with E-state index in [1.165, 1.54) is 117 Å². The van der Waals surface area contributed by atoms with E-state index in [9.17, 15) is 9.90 Å². The molecule has 0 unspecified atom stereocenters. The summed E-state index contributed by atoms with van der Waals surface area (Å²) < 4.78 is 0. The fourth-order valence-corrected chi connectivity index (χ4v) is 13.0. The second-order valence-electron chi connectivity index (χ2n) is 22.1. The van der Waals surface area contributed by atoms with Crippen LogP contribution in [0.2, 0.25) is 0 Å². The van der Waals surface area contributed by atoms with Gasteiger partial charge in [0.25, 0.3) is 0 Å². The third kappa shape index (κ3) is 6.18. The van der Waals surface area contributed by atoms with Crippen LogP contribution in [0, 0.1) is 0 Å². The van der Waals surface area contributed by atoms with Gasteiger partial charge in [0.15, 0.2) is 5.78 Å². The monoisotopic (exact) mass is 870 g/mol. The zero-order valence-electron chi connectivity index (χ0n) is 40.1. The number of rotatable bonds is 7. The number of aliphatic hydroxyl groups is 1. The molecule has 0 bridgehead atoms. The van der Waals surface area contributed by atoms with Crippen molar-refractivity contribution in [3.63, 3.8) is 0 Å². The van der Waals surface area contributed by atoms with Gasteiger partial charge in [-0.25, -0.2) is 0 Å². The normalized spacial score (nSPS) is 18.0. The van der Waals surface area contributed by atoms with Crippen LogP contribution in [0.4, 0.5) is 0 Å². The molecule has 0 spiro atoms. The van der Waals surface area contributed by atoms with E-state index in [-0.39, 0.29) is 39.6 Å². The first-order valence-electron chi connectivity index (χ1n) is 24.3. The van der Waals surface area contributed by atoms with E-state index in [1.807, 2.05) is 0 Å². The smallest absolute Gasteiger partial charge is 0.163 e. The summed E-state index contributed by atoms with van der Waals surface area (Å²) in [7, 11) is 0. The molecule has 0 atom stereocenters. The third-order valence-corrected chi connectivity index (χ3v) is 16.7. The predicted molar refractivity (Wildman–Crippen MR) is 278 cm³/mol. The van der Waals surface area contributed by atoms with Crippen molar-refractivity contribution >= 4 is 16.9 Å². The van der Waals surface area contributed by atoms with Crippen molar-refractivity contribution in [3.05, 3.63) is 224 Å². The molecule has 2 nitrogen and oxygen atoms in total. The molecule has 0 aliphatic heterocycles. The average Bonchev–Trinajstić information content (AvgIpc) is 3.88. The van der Waals surface area contributed by atoms with Gasteiger partial charge in [0.05, 0.1) is 0 Å². The van der Waals surface area contributed by atoms with E-state index in [1.54, 1.807) is 0 Å². The topological polar surface area (TPSA) is 37.3 Å². The first-order chi connectivity index (χ1) is 32.0. The van der Waals surface area contributed by atoms with Crippen LogP contribution in [0.15, 0.2) is 163 Å². The highest BCUT2D eigenvalue weighted by atomic mass is 16.3. The number of allylic oxidation sites excluding steroid dienone is 6. The Bertz CT molecular complexity index is 3430. The highest BCUT2D eigenvalue weighted by Crippen LogP contribution is 2.55. The quantitative estimate of drug-likeness (QED) is 0.128. The van der Waals surface area contributed by atoms with Gasteiger partial charge >= 0.3 is 0 Å². The number of benzene rings is 7. The van der Waals surface area contributed by atoms with Crippen molar-refractivity contribution in [1.82, 2.24) is 0 Å². The summed E-state index contributed by atoms with van der Waals surface area (Å²) >= 11 is 0. The Labute approximate surface area is 396 Å². The van der Waals surface area contributed by atoms with Crippen molar-refractivity contribution in [2.45, 2.75) is 103 Å². The van der Waals surface area contributed by atoms with Crippen molar-refractivity contribution in [2.75, 3.05) is 0 Å². The Morgan fingerprint density at radius 3 is 1.43 bits per heavy atom. The lowest BCUT2D eigenvalue weighted by molar-refractivity contribution is -0.114. The predicted octanol–water partition coefficient (Wildman–Crippen LogP) is 16.0. The SMILES string of the molecule is CC1(C)C2=C(CCC(c3ccc4c(c3)C(C)(C)c3cc(CC(=O)C=C(O)Cc5ccc6c(c5)C(C)(C)c5cc(-c7ccc8c(c7)C(C)(C)c7ccccc7-8)ccc5-6)ccc3-4)=C2)c2ccccc21. The maximum absolute atomic E-state index is 13.6. The molecule has 5 aliphatic carbocycles. The summed E-state index contributed by atoms with van der Waals surface area (Å²) in [4.78, 5) is 13.6. The minimum absolute atomic E-state index is 0.00165. The molecule has 1 N–H and O–H groups in total. The van der Waals surface area contributed by atoms with Crippen molar-refractivity contribution in [2.24, 2.45) is 0 Å². The first-order valence-corrected chi connectivity index (χ1v) is 24.3. The maximum Gasteiger partial charge on any atom is 0.163 e. The van der Waals surface area contributed by atoms with Crippen LogP contribution in [0.5, 0.6) is 0 Å². The van der Waals surface area contributed by atoms with Crippen LogP contribution in [0.25, 0.3) is 55.7 Å². The van der Waals surface area contributed by atoms with E-state index in [0.717, 1.165) is 24.0 Å². The highest BCUT2D eigenvalue weighted by molar-refractivity contribution is 5.93. The van der Waals surface area contributed by atoms with Gasteiger partial charge in [-0.05, 0) is 153 Å². The van der Waals surface area contributed by atoms with Gasteiger partial charge in [-0.3, -0.25) is 4.79 Å². The van der Waals surface area contributed by atoms with E-state index in [2.05, 4.69) is 201 Å². The average molecular weight is 871 g/mol. The molecule has 67 heavy (non-hydrogen) atoms. The number of hydrogen-bond donors (Lipinski definition) is 1. The highest BCUT2D eigenvalue weighted by Gasteiger charge is 2.41. The lowest BCUT2D eigenvalue weighted by Crippen LogP contribution is -2.17. The van der Waals surface area contributed by atoms with Crippen molar-refractivity contribution < 1.29 is 9.90 Å². The lowest BCUT2D eigenvalue weighted by Gasteiger charge is -2.26. The Kier molecular flexibility index (Phi) is 8.93. The second kappa shape index (κ2) is 14.4. The third-order valence-electron chi connectivity index (χ3n) is 16.7.